The lowest BCUT2D eigenvalue weighted by molar-refractivity contribution is 1.13. The summed E-state index contributed by atoms with van der Waals surface area (Å²) in [5.41, 5.74) is 2.91. The molecule has 0 aliphatic heterocycles. The number of aryl methyl sites for hydroxylation is 1. The molecule has 2 rings (SSSR count). The van der Waals surface area contributed by atoms with Crippen LogP contribution in [0.25, 0.3) is 11.0 Å². The minimum atomic E-state index is 0.395. The number of rotatable bonds is 1. The largest absolute Gasteiger partial charge is 0.341 e. The van der Waals surface area contributed by atoms with Gasteiger partial charge in [0.25, 0.3) is 0 Å². The van der Waals surface area contributed by atoms with Crippen LogP contribution in [0.2, 0.25) is 5.02 Å². The Morgan fingerprint density at radius 3 is 2.92 bits per heavy atom. The van der Waals surface area contributed by atoms with Crippen LogP contribution in [0.5, 0.6) is 0 Å². The molecule has 0 spiro atoms. The summed E-state index contributed by atoms with van der Waals surface area (Å²) in [5.74, 6) is 1.17. The lowest BCUT2D eigenvalue weighted by Crippen LogP contribution is -1.79. The number of nitrogens with zero attached hydrogens (tertiary/aromatic N) is 1. The predicted molar refractivity (Wildman–Crippen MR) is 55.4 cm³/mol. The third-order valence-electron chi connectivity index (χ3n) is 2.03. The van der Waals surface area contributed by atoms with E-state index in [2.05, 4.69) is 9.97 Å². The highest BCUT2D eigenvalue weighted by atomic mass is 35.5. The first-order chi connectivity index (χ1) is 6.22. The quantitative estimate of drug-likeness (QED) is 0.726. The van der Waals surface area contributed by atoms with E-state index in [1.165, 1.54) is 0 Å². The zero-order valence-corrected chi connectivity index (χ0v) is 8.58. The zero-order chi connectivity index (χ0) is 9.42. The van der Waals surface area contributed by atoms with Crippen molar-refractivity contribution in [1.82, 2.24) is 9.97 Å². The number of alkyl halides is 1. The average Bonchev–Trinajstić information content (AvgIpc) is 2.55. The topological polar surface area (TPSA) is 28.7 Å². The molecule has 0 amide bonds. The maximum atomic E-state index is 5.96. The molecule has 0 fully saturated rings. The number of benzene rings is 1. The molecule has 0 saturated carbocycles. The van der Waals surface area contributed by atoms with E-state index in [-0.39, 0.29) is 0 Å². The zero-order valence-electron chi connectivity index (χ0n) is 7.06. The van der Waals surface area contributed by atoms with Gasteiger partial charge in [-0.2, -0.15) is 0 Å². The molecular formula is C9H8Cl2N2. The summed E-state index contributed by atoms with van der Waals surface area (Å²) in [4.78, 5) is 7.41. The van der Waals surface area contributed by atoms with Crippen LogP contribution >= 0.6 is 23.2 Å². The second kappa shape index (κ2) is 3.20. The molecule has 0 bridgehead atoms. The summed E-state index contributed by atoms with van der Waals surface area (Å²) in [6.45, 7) is 1.96. The normalized spacial score (nSPS) is 11.0. The minimum Gasteiger partial charge on any atom is -0.341 e. The van der Waals surface area contributed by atoms with Crippen molar-refractivity contribution in [1.29, 1.82) is 0 Å². The first-order valence-electron chi connectivity index (χ1n) is 3.92. The molecule has 1 aromatic heterocycles. The molecule has 1 N–H and O–H groups in total. The van der Waals surface area contributed by atoms with Crippen molar-refractivity contribution in [3.63, 3.8) is 0 Å². The first-order valence-corrected chi connectivity index (χ1v) is 4.83. The Hall–Kier alpha value is -0.730. The van der Waals surface area contributed by atoms with Gasteiger partial charge in [0, 0.05) is 5.02 Å². The standard InChI is InChI=1S/C9H8Cl2N2/c1-5-6(11)2-3-7-9(5)13-8(4-10)12-7/h2-3H,4H2,1H3,(H,12,13). The molecule has 1 aromatic carbocycles. The molecule has 4 heteroatoms. The van der Waals surface area contributed by atoms with Crippen molar-refractivity contribution in [2.75, 3.05) is 0 Å². The van der Waals surface area contributed by atoms with E-state index in [9.17, 15) is 0 Å². The molecule has 0 saturated heterocycles. The summed E-state index contributed by atoms with van der Waals surface area (Å²) in [5, 5.41) is 0.747. The van der Waals surface area contributed by atoms with Gasteiger partial charge in [-0.3, -0.25) is 0 Å². The Morgan fingerprint density at radius 2 is 2.23 bits per heavy atom. The molecule has 68 valence electrons. The number of nitrogens with one attached hydrogen (secondary N) is 1. The smallest absolute Gasteiger partial charge is 0.122 e. The molecule has 2 aromatic rings. The lowest BCUT2D eigenvalue weighted by Gasteiger charge is -1.96. The van der Waals surface area contributed by atoms with Gasteiger partial charge in [0.1, 0.15) is 5.82 Å². The second-order valence-corrected chi connectivity index (χ2v) is 3.56. The second-order valence-electron chi connectivity index (χ2n) is 2.88. The molecule has 0 atom stereocenters. The highest BCUT2D eigenvalue weighted by Gasteiger charge is 2.06. The number of aromatic amines is 1. The van der Waals surface area contributed by atoms with Crippen LogP contribution in [0.4, 0.5) is 0 Å². The van der Waals surface area contributed by atoms with Gasteiger partial charge in [0.05, 0.1) is 16.9 Å². The van der Waals surface area contributed by atoms with Crippen LogP contribution in [-0.4, -0.2) is 9.97 Å². The number of hydrogen-bond acceptors (Lipinski definition) is 1. The van der Waals surface area contributed by atoms with Gasteiger partial charge in [0.15, 0.2) is 0 Å². The number of imidazole rings is 1. The number of H-pyrrole nitrogens is 1. The molecule has 1 heterocycles. The number of aromatic nitrogens is 2. The Labute approximate surface area is 85.9 Å². The number of hydrogen-bond donors (Lipinski definition) is 1. The van der Waals surface area contributed by atoms with Crippen LogP contribution in [0, 0.1) is 6.92 Å². The fraction of sp³-hybridized carbons (Fsp3) is 0.222. The number of fused-ring (bicyclic) bond motifs is 1. The minimum absolute atomic E-state index is 0.395. The van der Waals surface area contributed by atoms with Gasteiger partial charge < -0.3 is 4.98 Å². The van der Waals surface area contributed by atoms with Crippen LogP contribution in [0.1, 0.15) is 11.4 Å². The van der Waals surface area contributed by atoms with Gasteiger partial charge in [-0.15, -0.1) is 11.6 Å². The van der Waals surface area contributed by atoms with E-state index < -0.39 is 0 Å². The van der Waals surface area contributed by atoms with Crippen molar-refractivity contribution in [2.45, 2.75) is 12.8 Å². The van der Waals surface area contributed by atoms with E-state index in [1.807, 2.05) is 19.1 Å². The van der Waals surface area contributed by atoms with Crippen molar-refractivity contribution in [3.05, 3.63) is 28.5 Å². The number of halogens is 2. The fourth-order valence-corrected chi connectivity index (χ4v) is 1.59. The van der Waals surface area contributed by atoms with Gasteiger partial charge in [0.2, 0.25) is 0 Å². The van der Waals surface area contributed by atoms with Crippen molar-refractivity contribution < 1.29 is 0 Å². The third-order valence-corrected chi connectivity index (χ3v) is 2.69. The summed E-state index contributed by atoms with van der Waals surface area (Å²) < 4.78 is 0. The molecule has 0 aliphatic rings. The highest BCUT2D eigenvalue weighted by Crippen LogP contribution is 2.23. The predicted octanol–water partition coefficient (Wildman–Crippen LogP) is 3.26. The van der Waals surface area contributed by atoms with E-state index in [1.54, 1.807) is 0 Å². The molecule has 0 radical (unpaired) electrons. The van der Waals surface area contributed by atoms with Gasteiger partial charge in [-0.1, -0.05) is 11.6 Å². The van der Waals surface area contributed by atoms with Crippen LogP contribution in [-0.2, 0) is 5.88 Å². The lowest BCUT2D eigenvalue weighted by atomic mass is 10.2. The van der Waals surface area contributed by atoms with Gasteiger partial charge >= 0.3 is 0 Å². The average molecular weight is 215 g/mol. The van der Waals surface area contributed by atoms with E-state index in [4.69, 9.17) is 23.2 Å². The Bertz CT molecular complexity index is 448. The van der Waals surface area contributed by atoms with Crippen LogP contribution in [0.3, 0.4) is 0 Å². The van der Waals surface area contributed by atoms with E-state index >= 15 is 0 Å². The summed E-state index contributed by atoms with van der Waals surface area (Å²) in [6.07, 6.45) is 0. The fourth-order valence-electron chi connectivity index (χ4n) is 1.30. The van der Waals surface area contributed by atoms with Crippen molar-refractivity contribution in [2.24, 2.45) is 0 Å². The highest BCUT2D eigenvalue weighted by molar-refractivity contribution is 6.32. The SMILES string of the molecule is Cc1c(Cl)ccc2nc(CCl)[nH]c12. The van der Waals surface area contributed by atoms with Crippen molar-refractivity contribution in [3.8, 4) is 0 Å². The third kappa shape index (κ3) is 1.40. The Balaban J connectivity index is 2.76. The van der Waals surface area contributed by atoms with Crippen LogP contribution in [0.15, 0.2) is 12.1 Å². The summed E-state index contributed by atoms with van der Waals surface area (Å²) >= 11 is 11.6. The van der Waals surface area contributed by atoms with E-state index in [0.717, 1.165) is 27.4 Å². The van der Waals surface area contributed by atoms with Gasteiger partial charge in [-0.05, 0) is 24.6 Å². The first kappa shape index (κ1) is 8.85. The molecule has 0 aliphatic carbocycles. The van der Waals surface area contributed by atoms with Crippen molar-refractivity contribution >= 4 is 34.2 Å². The molecule has 0 unspecified atom stereocenters. The Kier molecular flexibility index (Phi) is 2.18. The van der Waals surface area contributed by atoms with E-state index in [0.29, 0.717) is 5.88 Å². The maximum Gasteiger partial charge on any atom is 0.122 e. The maximum absolute atomic E-state index is 5.96. The molecule has 13 heavy (non-hydrogen) atoms. The van der Waals surface area contributed by atoms with Crippen LogP contribution < -0.4 is 0 Å². The monoisotopic (exact) mass is 214 g/mol. The van der Waals surface area contributed by atoms with Gasteiger partial charge in [-0.25, -0.2) is 4.98 Å². The molecular weight excluding hydrogens is 207 g/mol. The summed E-state index contributed by atoms with van der Waals surface area (Å²) in [7, 11) is 0. The Morgan fingerprint density at radius 1 is 1.46 bits per heavy atom. The summed E-state index contributed by atoms with van der Waals surface area (Å²) in [6, 6.07) is 3.73. The molecule has 2 nitrogen and oxygen atoms in total.